The quantitative estimate of drug-likeness (QED) is 0.300. The molecule has 4 aromatic rings. The van der Waals surface area contributed by atoms with Crippen molar-refractivity contribution in [1.29, 1.82) is 0 Å². The Labute approximate surface area is 192 Å². The molecule has 0 radical (unpaired) electrons. The highest BCUT2D eigenvalue weighted by Gasteiger charge is 2.38. The molecule has 0 saturated heterocycles. The van der Waals surface area contributed by atoms with Gasteiger partial charge in [-0.05, 0) is 37.3 Å². The molecule has 3 heterocycles. The minimum Gasteiger partial charge on any atom is -0.329 e. The number of aromatic nitrogens is 4. The molecule has 0 bridgehead atoms. The van der Waals surface area contributed by atoms with Crippen LogP contribution in [0.2, 0.25) is 5.02 Å². The van der Waals surface area contributed by atoms with Crippen LogP contribution in [0.5, 0.6) is 0 Å². The van der Waals surface area contributed by atoms with E-state index < -0.39 is 33.5 Å². The van der Waals surface area contributed by atoms with E-state index in [-0.39, 0.29) is 32.8 Å². The molecule has 0 fully saturated rings. The molecule has 3 aromatic heterocycles. The lowest BCUT2D eigenvalue weighted by Gasteiger charge is -2.10. The number of hydrogen-bond acceptors (Lipinski definition) is 6. The Hall–Kier alpha value is -3.13. The molecule has 0 spiro atoms. The van der Waals surface area contributed by atoms with Crippen molar-refractivity contribution in [2.24, 2.45) is 4.36 Å². The molecule has 15 heteroatoms. The van der Waals surface area contributed by atoms with E-state index in [1.54, 1.807) is 0 Å². The maximum atomic E-state index is 13.6. The van der Waals surface area contributed by atoms with Gasteiger partial charge in [0.05, 0.1) is 31.7 Å². The highest BCUT2D eigenvalue weighted by Crippen LogP contribution is 2.36. The molecule has 0 aliphatic heterocycles. The van der Waals surface area contributed by atoms with Crippen LogP contribution in [0, 0.1) is 6.92 Å². The number of fused-ring (bicyclic) bond motifs is 1. The predicted molar refractivity (Wildman–Crippen MR) is 109 cm³/mol. The number of imidazole rings is 1. The molecule has 1 unspecified atom stereocenters. The van der Waals surface area contributed by atoms with E-state index in [9.17, 15) is 30.6 Å². The number of halogens is 7. The summed E-state index contributed by atoms with van der Waals surface area (Å²) in [7, 11) is -3.35. The fraction of sp³-hybridized carbons (Fsp3) is 0.211. The first kappa shape index (κ1) is 24.0. The molecule has 34 heavy (non-hydrogen) atoms. The summed E-state index contributed by atoms with van der Waals surface area (Å²) in [6.45, 7) is 1.53. The molecule has 0 N–H and O–H groups in total. The maximum absolute atomic E-state index is 13.6. The molecule has 0 amide bonds. The molecule has 0 saturated carbocycles. The minimum absolute atomic E-state index is 0.0693. The Kier molecular flexibility index (Phi) is 5.63. The van der Waals surface area contributed by atoms with Crippen molar-refractivity contribution in [2.75, 3.05) is 6.26 Å². The summed E-state index contributed by atoms with van der Waals surface area (Å²) in [5.41, 5.74) is -0.457. The second kappa shape index (κ2) is 7.98. The van der Waals surface area contributed by atoms with Crippen molar-refractivity contribution < 1.29 is 35.1 Å². The predicted octanol–water partition coefficient (Wildman–Crippen LogP) is 6.17. The van der Waals surface area contributed by atoms with Gasteiger partial charge in [0, 0.05) is 18.0 Å². The minimum atomic E-state index is -4.83. The van der Waals surface area contributed by atoms with E-state index in [1.807, 2.05) is 0 Å². The first-order chi connectivity index (χ1) is 15.7. The van der Waals surface area contributed by atoms with Crippen LogP contribution in [0.25, 0.3) is 17.0 Å². The molecule has 1 aromatic carbocycles. The van der Waals surface area contributed by atoms with Gasteiger partial charge in [-0.2, -0.15) is 35.7 Å². The van der Waals surface area contributed by atoms with Crippen LogP contribution in [-0.4, -0.2) is 30.0 Å². The summed E-state index contributed by atoms with van der Waals surface area (Å²) >= 11 is 5.94. The Bertz CT molecular complexity index is 1530. The average Bonchev–Trinajstić information content (AvgIpc) is 3.32. The van der Waals surface area contributed by atoms with E-state index in [0.717, 1.165) is 12.1 Å². The average molecular weight is 524 g/mol. The van der Waals surface area contributed by atoms with Gasteiger partial charge in [0.15, 0.2) is 0 Å². The first-order valence-corrected chi connectivity index (χ1v) is 11.5. The maximum Gasteiger partial charge on any atom is 0.471 e. The van der Waals surface area contributed by atoms with Crippen LogP contribution in [0.1, 0.15) is 17.1 Å². The Morgan fingerprint density at radius 3 is 2.35 bits per heavy atom. The third-order valence-electron chi connectivity index (χ3n) is 4.57. The molecule has 1 atom stereocenters. The number of hydrogen-bond donors (Lipinski definition) is 0. The number of alkyl halides is 6. The zero-order valence-corrected chi connectivity index (χ0v) is 18.6. The molecule has 7 nitrogen and oxygen atoms in total. The van der Waals surface area contributed by atoms with Crippen LogP contribution in [0.4, 0.5) is 32.0 Å². The van der Waals surface area contributed by atoms with Crippen LogP contribution in [0.15, 0.2) is 50.4 Å². The summed E-state index contributed by atoms with van der Waals surface area (Å²) in [4.78, 5) is 7.59. The SMILES string of the molecule is Cc1nc2ccc(-c3noc(C(F)(F)F)n3)cn2c1S(C)(=O)=Nc1ccc(C(F)(F)F)cc1Cl. The lowest BCUT2D eigenvalue weighted by molar-refractivity contribution is -0.159. The van der Waals surface area contributed by atoms with Crippen LogP contribution in [0.3, 0.4) is 0 Å². The highest BCUT2D eigenvalue weighted by molar-refractivity contribution is 7.93. The van der Waals surface area contributed by atoms with Crippen molar-refractivity contribution in [3.63, 3.8) is 0 Å². The molecule has 4 rings (SSSR count). The van der Waals surface area contributed by atoms with Crippen molar-refractivity contribution >= 4 is 32.7 Å². The number of pyridine rings is 1. The van der Waals surface area contributed by atoms with Crippen LogP contribution < -0.4 is 0 Å². The third kappa shape index (κ3) is 4.46. The van der Waals surface area contributed by atoms with Gasteiger partial charge in [0.2, 0.25) is 5.82 Å². The van der Waals surface area contributed by atoms with Gasteiger partial charge >= 0.3 is 18.2 Å². The van der Waals surface area contributed by atoms with E-state index in [4.69, 9.17) is 11.6 Å². The first-order valence-electron chi connectivity index (χ1n) is 9.16. The third-order valence-corrected chi connectivity index (χ3v) is 6.63. The van der Waals surface area contributed by atoms with Crippen molar-refractivity contribution in [3.05, 3.63) is 58.7 Å². The van der Waals surface area contributed by atoms with Gasteiger partial charge in [-0.15, -0.1) is 0 Å². The molecule has 180 valence electrons. The zero-order chi connectivity index (χ0) is 25.1. The normalized spacial score (nSPS) is 14.4. The summed E-state index contributed by atoms with van der Waals surface area (Å²) in [6.07, 6.45) is -6.90. The van der Waals surface area contributed by atoms with Gasteiger partial charge in [0.1, 0.15) is 10.7 Å². The van der Waals surface area contributed by atoms with E-state index >= 15 is 0 Å². The fourth-order valence-corrected chi connectivity index (χ4v) is 5.17. The summed E-state index contributed by atoms with van der Waals surface area (Å²) < 4.78 is 100. The van der Waals surface area contributed by atoms with Gasteiger partial charge in [-0.3, -0.25) is 4.40 Å². The second-order valence-electron chi connectivity index (χ2n) is 7.13. The number of aryl methyl sites for hydroxylation is 1. The monoisotopic (exact) mass is 523 g/mol. The summed E-state index contributed by atoms with van der Waals surface area (Å²) in [5, 5.41) is 3.03. The molecule has 0 aliphatic rings. The molecular formula is C19H12ClF6N5O2S. The number of benzene rings is 1. The van der Waals surface area contributed by atoms with Gasteiger partial charge in [0.25, 0.3) is 0 Å². The van der Waals surface area contributed by atoms with Gasteiger partial charge in [-0.25, -0.2) is 9.19 Å². The van der Waals surface area contributed by atoms with E-state index in [2.05, 4.69) is 24.0 Å². The summed E-state index contributed by atoms with van der Waals surface area (Å²) in [5.74, 6) is -1.90. The van der Waals surface area contributed by atoms with Crippen LogP contribution >= 0.6 is 11.6 Å². The van der Waals surface area contributed by atoms with Crippen LogP contribution in [-0.2, 0) is 22.1 Å². The highest BCUT2D eigenvalue weighted by atomic mass is 35.5. The topological polar surface area (TPSA) is 85.6 Å². The van der Waals surface area contributed by atoms with Gasteiger partial charge in [-0.1, -0.05) is 16.8 Å². The smallest absolute Gasteiger partial charge is 0.329 e. The van der Waals surface area contributed by atoms with Crippen molar-refractivity contribution in [2.45, 2.75) is 24.3 Å². The lowest BCUT2D eigenvalue weighted by Crippen LogP contribution is -2.06. The number of nitrogens with zero attached hydrogens (tertiary/aromatic N) is 5. The molecule has 0 aliphatic carbocycles. The summed E-state index contributed by atoms with van der Waals surface area (Å²) in [6, 6.07) is 5.27. The Morgan fingerprint density at radius 1 is 1.06 bits per heavy atom. The van der Waals surface area contributed by atoms with Crippen molar-refractivity contribution in [3.8, 4) is 11.4 Å². The zero-order valence-electron chi connectivity index (χ0n) is 17.1. The van der Waals surface area contributed by atoms with E-state index in [0.29, 0.717) is 11.7 Å². The fourth-order valence-electron chi connectivity index (χ4n) is 3.17. The standard InChI is InChI=1S/C19H12ClF6N5O2S/c1-9-16(34(2,32)30-13-5-4-11(7-12(13)20)18(21,22)23)31-8-10(3-6-14(31)27-9)15-28-17(33-29-15)19(24,25)26/h3-8H,1-2H3. The van der Waals surface area contributed by atoms with Crippen molar-refractivity contribution in [1.82, 2.24) is 19.5 Å². The largest absolute Gasteiger partial charge is 0.471 e. The molecular weight excluding hydrogens is 512 g/mol. The Balaban J connectivity index is 1.84. The Morgan fingerprint density at radius 2 is 1.76 bits per heavy atom. The second-order valence-corrected chi connectivity index (χ2v) is 9.71. The van der Waals surface area contributed by atoms with Gasteiger partial charge < -0.3 is 4.52 Å². The van der Waals surface area contributed by atoms with E-state index in [1.165, 1.54) is 35.9 Å². The lowest BCUT2D eigenvalue weighted by atomic mass is 10.2. The number of rotatable bonds is 3.